The van der Waals surface area contributed by atoms with E-state index < -0.39 is 5.91 Å². The fourth-order valence-corrected chi connectivity index (χ4v) is 1.18. The fraction of sp³-hybridized carbons (Fsp3) is 0.273. The highest BCUT2D eigenvalue weighted by Crippen LogP contribution is 2.19. The van der Waals surface area contributed by atoms with E-state index in [2.05, 4.69) is 0 Å². The monoisotopic (exact) mass is 237 g/mol. The molecule has 0 saturated heterocycles. The highest BCUT2D eigenvalue weighted by atomic mass is 16.5. The maximum Gasteiger partial charge on any atom is 0.260 e. The van der Waals surface area contributed by atoms with Crippen molar-refractivity contribution in [3.8, 4) is 5.75 Å². The van der Waals surface area contributed by atoms with Gasteiger partial charge in [-0.15, -0.1) is 0 Å². The van der Waals surface area contributed by atoms with E-state index in [1.807, 2.05) is 0 Å². The molecule has 6 nitrogen and oxygen atoms in total. The summed E-state index contributed by atoms with van der Waals surface area (Å²) in [6.45, 7) is -0.315. The summed E-state index contributed by atoms with van der Waals surface area (Å²) in [6, 6.07) is 6.86. The van der Waals surface area contributed by atoms with E-state index in [0.29, 0.717) is 11.4 Å². The van der Waals surface area contributed by atoms with Crippen molar-refractivity contribution in [2.45, 2.75) is 0 Å². The van der Waals surface area contributed by atoms with E-state index in [9.17, 15) is 9.59 Å². The lowest BCUT2D eigenvalue weighted by Crippen LogP contribution is -2.38. The maximum absolute atomic E-state index is 11.5. The van der Waals surface area contributed by atoms with Crippen molar-refractivity contribution < 1.29 is 14.3 Å². The molecule has 0 radical (unpaired) electrons. The second-order valence-electron chi connectivity index (χ2n) is 3.54. The number of ether oxygens (including phenoxy) is 1. The first-order valence-corrected chi connectivity index (χ1v) is 5.00. The van der Waals surface area contributed by atoms with E-state index in [0.717, 1.165) is 0 Å². The Morgan fingerprint density at radius 2 is 2.00 bits per heavy atom. The van der Waals surface area contributed by atoms with E-state index >= 15 is 0 Å². The molecule has 0 aliphatic rings. The third kappa shape index (κ3) is 4.02. The van der Waals surface area contributed by atoms with Gasteiger partial charge in [0.1, 0.15) is 5.75 Å². The number of nitrogen functional groups attached to an aromatic ring is 1. The molecular weight excluding hydrogens is 222 g/mol. The minimum absolute atomic E-state index is 0.132. The van der Waals surface area contributed by atoms with Crippen LogP contribution in [0, 0.1) is 0 Å². The number of para-hydroxylation sites is 2. The van der Waals surface area contributed by atoms with Crippen molar-refractivity contribution in [1.29, 1.82) is 0 Å². The molecular formula is C11H15N3O3. The molecule has 92 valence electrons. The van der Waals surface area contributed by atoms with Crippen LogP contribution in [0.15, 0.2) is 24.3 Å². The maximum atomic E-state index is 11.5. The topological polar surface area (TPSA) is 98.6 Å². The first kappa shape index (κ1) is 12.8. The minimum atomic E-state index is -0.569. The van der Waals surface area contributed by atoms with Crippen LogP contribution in [0.1, 0.15) is 0 Å². The van der Waals surface area contributed by atoms with Crippen LogP contribution in [0.3, 0.4) is 0 Å². The second kappa shape index (κ2) is 5.74. The minimum Gasteiger partial charge on any atom is -0.482 e. The Kier molecular flexibility index (Phi) is 4.33. The van der Waals surface area contributed by atoms with Crippen LogP contribution < -0.4 is 16.2 Å². The van der Waals surface area contributed by atoms with Crippen LogP contribution in [0.25, 0.3) is 0 Å². The van der Waals surface area contributed by atoms with E-state index in [1.54, 1.807) is 24.3 Å². The molecule has 0 aliphatic heterocycles. The number of benzene rings is 1. The standard InChI is InChI=1S/C11H15N3O3/c1-14(6-10(13)15)11(16)7-17-9-5-3-2-4-8(9)12/h2-5H,6-7,12H2,1H3,(H2,13,15). The van der Waals surface area contributed by atoms with Gasteiger partial charge in [0.2, 0.25) is 5.91 Å². The predicted molar refractivity (Wildman–Crippen MR) is 63.2 cm³/mol. The SMILES string of the molecule is CN(CC(N)=O)C(=O)COc1ccccc1N. The summed E-state index contributed by atoms with van der Waals surface area (Å²) in [7, 11) is 1.48. The molecule has 17 heavy (non-hydrogen) atoms. The van der Waals surface area contributed by atoms with Crippen LogP contribution in [0.4, 0.5) is 5.69 Å². The Balaban J connectivity index is 2.48. The quantitative estimate of drug-likeness (QED) is 0.680. The third-order valence-corrected chi connectivity index (χ3v) is 2.09. The Morgan fingerprint density at radius 3 is 2.59 bits per heavy atom. The van der Waals surface area contributed by atoms with Crippen molar-refractivity contribution in [1.82, 2.24) is 4.90 Å². The zero-order chi connectivity index (χ0) is 12.8. The lowest BCUT2D eigenvalue weighted by molar-refractivity contribution is -0.135. The average Bonchev–Trinajstić information content (AvgIpc) is 2.26. The number of hydrogen-bond acceptors (Lipinski definition) is 4. The number of primary amides is 1. The van der Waals surface area contributed by atoms with Gasteiger partial charge in [-0.3, -0.25) is 9.59 Å². The Bertz CT molecular complexity index is 420. The summed E-state index contributed by atoms with van der Waals surface area (Å²) in [4.78, 5) is 23.3. The highest BCUT2D eigenvalue weighted by molar-refractivity contribution is 5.84. The van der Waals surface area contributed by atoms with Crippen LogP contribution in [-0.4, -0.2) is 36.9 Å². The molecule has 0 aliphatic carbocycles. The summed E-state index contributed by atoms with van der Waals surface area (Å²) in [5.74, 6) is -0.472. The van der Waals surface area contributed by atoms with E-state index in [4.69, 9.17) is 16.2 Å². The van der Waals surface area contributed by atoms with Gasteiger partial charge in [-0.1, -0.05) is 12.1 Å². The number of nitrogens with two attached hydrogens (primary N) is 2. The van der Waals surface area contributed by atoms with Gasteiger partial charge >= 0.3 is 0 Å². The Morgan fingerprint density at radius 1 is 1.35 bits per heavy atom. The molecule has 1 aromatic rings. The molecule has 6 heteroatoms. The molecule has 0 bridgehead atoms. The van der Waals surface area contributed by atoms with Crippen molar-refractivity contribution in [2.24, 2.45) is 5.73 Å². The van der Waals surface area contributed by atoms with Gasteiger partial charge < -0.3 is 21.1 Å². The van der Waals surface area contributed by atoms with Gasteiger partial charge in [-0.2, -0.15) is 0 Å². The number of likely N-dealkylation sites (N-methyl/N-ethyl adjacent to an activating group) is 1. The number of nitrogens with zero attached hydrogens (tertiary/aromatic N) is 1. The zero-order valence-corrected chi connectivity index (χ0v) is 9.55. The largest absolute Gasteiger partial charge is 0.482 e. The van der Waals surface area contributed by atoms with Crippen LogP contribution >= 0.6 is 0 Å². The number of hydrogen-bond donors (Lipinski definition) is 2. The van der Waals surface area contributed by atoms with Crippen molar-refractivity contribution in [2.75, 3.05) is 25.9 Å². The first-order chi connectivity index (χ1) is 8.00. The number of carbonyl (C=O) groups is 2. The van der Waals surface area contributed by atoms with Crippen LogP contribution in [0.5, 0.6) is 5.75 Å². The molecule has 0 unspecified atom stereocenters. The Labute approximate surface area is 99.1 Å². The van der Waals surface area contributed by atoms with Crippen molar-refractivity contribution in [3.63, 3.8) is 0 Å². The molecule has 2 amide bonds. The van der Waals surface area contributed by atoms with Crippen molar-refractivity contribution in [3.05, 3.63) is 24.3 Å². The van der Waals surface area contributed by atoms with Crippen LogP contribution in [-0.2, 0) is 9.59 Å². The Hall–Kier alpha value is -2.24. The summed E-state index contributed by atoms with van der Waals surface area (Å²) in [5.41, 5.74) is 11.1. The molecule has 1 rings (SSSR count). The number of rotatable bonds is 5. The van der Waals surface area contributed by atoms with E-state index in [1.165, 1.54) is 11.9 Å². The molecule has 0 spiro atoms. The third-order valence-electron chi connectivity index (χ3n) is 2.09. The molecule has 0 atom stereocenters. The number of anilines is 1. The molecule has 0 heterocycles. The molecule has 4 N–H and O–H groups in total. The number of amides is 2. The van der Waals surface area contributed by atoms with Gasteiger partial charge in [-0.05, 0) is 12.1 Å². The number of carbonyl (C=O) groups excluding carboxylic acids is 2. The predicted octanol–water partition coefficient (Wildman–Crippen LogP) is -0.409. The van der Waals surface area contributed by atoms with Gasteiger partial charge in [0, 0.05) is 7.05 Å². The summed E-state index contributed by atoms with van der Waals surface area (Å²) in [5, 5.41) is 0. The highest BCUT2D eigenvalue weighted by Gasteiger charge is 2.12. The normalized spacial score (nSPS) is 9.71. The summed E-state index contributed by atoms with van der Waals surface area (Å²) < 4.78 is 5.23. The summed E-state index contributed by atoms with van der Waals surface area (Å²) in [6.07, 6.45) is 0. The van der Waals surface area contributed by atoms with Crippen LogP contribution in [0.2, 0.25) is 0 Å². The molecule has 0 aromatic heterocycles. The lowest BCUT2D eigenvalue weighted by Gasteiger charge is -2.15. The van der Waals surface area contributed by atoms with Crippen molar-refractivity contribution >= 4 is 17.5 Å². The van der Waals surface area contributed by atoms with Gasteiger partial charge in [-0.25, -0.2) is 0 Å². The summed E-state index contributed by atoms with van der Waals surface area (Å²) >= 11 is 0. The first-order valence-electron chi connectivity index (χ1n) is 5.00. The fourth-order valence-electron chi connectivity index (χ4n) is 1.18. The average molecular weight is 237 g/mol. The van der Waals surface area contributed by atoms with Gasteiger partial charge in [0.15, 0.2) is 6.61 Å². The molecule has 0 saturated carbocycles. The second-order valence-corrected chi connectivity index (χ2v) is 3.54. The zero-order valence-electron chi connectivity index (χ0n) is 9.55. The smallest absolute Gasteiger partial charge is 0.260 e. The molecule has 1 aromatic carbocycles. The lowest BCUT2D eigenvalue weighted by atomic mass is 10.3. The van der Waals surface area contributed by atoms with Gasteiger partial charge in [0.25, 0.3) is 5.91 Å². The molecule has 0 fully saturated rings. The van der Waals surface area contributed by atoms with E-state index in [-0.39, 0.29) is 19.1 Å². The van der Waals surface area contributed by atoms with Gasteiger partial charge in [0.05, 0.1) is 12.2 Å².